The average molecular weight is 372 g/mol. The minimum Gasteiger partial charge on any atom is -0.497 e. The van der Waals surface area contributed by atoms with Crippen LogP contribution in [0.5, 0.6) is 5.75 Å². The topological polar surface area (TPSA) is 38.3 Å². The summed E-state index contributed by atoms with van der Waals surface area (Å²) in [7, 11) is 1.66. The van der Waals surface area contributed by atoms with Gasteiger partial charge in [0.05, 0.1) is 17.7 Å². The van der Waals surface area contributed by atoms with Gasteiger partial charge in [-0.25, -0.2) is 0 Å². The quantitative estimate of drug-likeness (QED) is 0.630. The lowest BCUT2D eigenvalue weighted by Gasteiger charge is -2.09. The fraction of sp³-hybridized carbons (Fsp3) is 0.150. The second-order valence-electron chi connectivity index (χ2n) is 5.58. The number of amides is 1. The molecule has 1 N–H and O–H groups in total. The number of carbonyl (C=O) groups is 1. The first-order chi connectivity index (χ1) is 12.1. The number of thioether (sulfide) groups is 1. The average Bonchev–Trinajstić information content (AvgIpc) is 2.65. The number of methoxy groups -OCH3 is 1. The van der Waals surface area contributed by atoms with E-state index in [0.717, 1.165) is 27.0 Å². The SMILES string of the molecule is COc1ccc2cc(CNC(=O)c3cc(SC)ccc3Cl)ccc2c1. The van der Waals surface area contributed by atoms with Crippen molar-refractivity contribution >= 4 is 40.0 Å². The highest BCUT2D eigenvalue weighted by Gasteiger charge is 2.11. The number of fused-ring (bicyclic) bond motifs is 1. The fourth-order valence-corrected chi connectivity index (χ4v) is 3.24. The molecule has 0 saturated heterocycles. The van der Waals surface area contributed by atoms with Gasteiger partial charge in [-0.2, -0.15) is 0 Å². The van der Waals surface area contributed by atoms with Crippen LogP contribution in [0.3, 0.4) is 0 Å². The summed E-state index contributed by atoms with van der Waals surface area (Å²) in [5.41, 5.74) is 1.53. The Morgan fingerprint density at radius 2 is 1.84 bits per heavy atom. The van der Waals surface area contributed by atoms with Crippen molar-refractivity contribution in [3.63, 3.8) is 0 Å². The van der Waals surface area contributed by atoms with Crippen molar-refractivity contribution in [1.29, 1.82) is 0 Å². The molecule has 0 fully saturated rings. The first-order valence-corrected chi connectivity index (χ1v) is 9.39. The van der Waals surface area contributed by atoms with Gasteiger partial charge in [0.25, 0.3) is 5.91 Å². The van der Waals surface area contributed by atoms with Crippen LogP contribution in [0, 0.1) is 0 Å². The molecule has 0 aliphatic heterocycles. The Morgan fingerprint density at radius 3 is 2.60 bits per heavy atom. The van der Waals surface area contributed by atoms with Crippen molar-refractivity contribution in [1.82, 2.24) is 5.32 Å². The Labute approximate surface area is 156 Å². The lowest BCUT2D eigenvalue weighted by Crippen LogP contribution is -2.23. The van der Waals surface area contributed by atoms with Gasteiger partial charge in [-0.15, -0.1) is 11.8 Å². The summed E-state index contributed by atoms with van der Waals surface area (Å²) in [5, 5.41) is 5.60. The third-order valence-corrected chi connectivity index (χ3v) is 5.04. The van der Waals surface area contributed by atoms with Gasteiger partial charge < -0.3 is 10.1 Å². The summed E-state index contributed by atoms with van der Waals surface area (Å²) < 4.78 is 5.24. The molecule has 0 radical (unpaired) electrons. The number of ether oxygens (including phenoxy) is 1. The van der Waals surface area contributed by atoms with Gasteiger partial charge >= 0.3 is 0 Å². The molecule has 0 spiro atoms. The minimum absolute atomic E-state index is 0.171. The van der Waals surface area contributed by atoms with Crippen LogP contribution in [0.4, 0.5) is 0 Å². The van der Waals surface area contributed by atoms with Crippen molar-refractivity contribution in [2.24, 2.45) is 0 Å². The fourth-order valence-electron chi connectivity index (χ4n) is 2.59. The Bertz CT molecular complexity index is 927. The molecule has 3 aromatic rings. The number of nitrogens with one attached hydrogen (secondary N) is 1. The zero-order valence-corrected chi connectivity index (χ0v) is 15.6. The predicted octanol–water partition coefficient (Wildman–Crippen LogP) is 5.15. The second-order valence-corrected chi connectivity index (χ2v) is 6.86. The first kappa shape index (κ1) is 17.6. The van der Waals surface area contributed by atoms with Gasteiger partial charge in [0, 0.05) is 11.4 Å². The van der Waals surface area contributed by atoms with Crippen LogP contribution < -0.4 is 10.1 Å². The molecule has 3 rings (SSSR count). The van der Waals surface area contributed by atoms with E-state index >= 15 is 0 Å². The maximum Gasteiger partial charge on any atom is 0.253 e. The maximum atomic E-state index is 12.4. The van der Waals surface area contributed by atoms with E-state index in [9.17, 15) is 4.79 Å². The molecule has 0 aliphatic rings. The van der Waals surface area contributed by atoms with Crippen LogP contribution in [0.25, 0.3) is 10.8 Å². The van der Waals surface area contributed by atoms with E-state index in [1.165, 1.54) is 0 Å². The van der Waals surface area contributed by atoms with Gasteiger partial charge in [-0.1, -0.05) is 29.8 Å². The molecule has 0 aliphatic carbocycles. The lowest BCUT2D eigenvalue weighted by atomic mass is 10.1. The summed E-state index contributed by atoms with van der Waals surface area (Å²) in [5.74, 6) is 0.660. The molecule has 3 aromatic carbocycles. The van der Waals surface area contributed by atoms with Gasteiger partial charge in [0.2, 0.25) is 0 Å². The Morgan fingerprint density at radius 1 is 1.08 bits per heavy atom. The standard InChI is InChI=1S/C20H18ClNO2S/c1-24-16-6-5-14-9-13(3-4-15(14)10-16)12-22-20(23)18-11-17(25-2)7-8-19(18)21/h3-11H,12H2,1-2H3,(H,22,23). The molecule has 5 heteroatoms. The maximum absolute atomic E-state index is 12.4. The number of carbonyl (C=O) groups excluding carboxylic acids is 1. The van der Waals surface area contributed by atoms with Crippen LogP contribution in [0.2, 0.25) is 5.02 Å². The van der Waals surface area contributed by atoms with Gasteiger partial charge in [-0.3, -0.25) is 4.79 Å². The Balaban J connectivity index is 1.75. The summed E-state index contributed by atoms with van der Waals surface area (Å²) in [6.45, 7) is 0.445. The van der Waals surface area contributed by atoms with E-state index in [4.69, 9.17) is 16.3 Å². The third-order valence-electron chi connectivity index (χ3n) is 3.98. The van der Waals surface area contributed by atoms with Gasteiger partial charge in [-0.05, 0) is 59.0 Å². The van der Waals surface area contributed by atoms with Crippen molar-refractivity contribution < 1.29 is 9.53 Å². The summed E-state index contributed by atoms with van der Waals surface area (Å²) >= 11 is 7.73. The number of halogens is 1. The monoisotopic (exact) mass is 371 g/mol. The molecule has 25 heavy (non-hydrogen) atoms. The van der Waals surface area contributed by atoms with Crippen molar-refractivity contribution in [3.8, 4) is 5.75 Å². The molecule has 0 unspecified atom stereocenters. The second kappa shape index (κ2) is 7.81. The number of hydrogen-bond donors (Lipinski definition) is 1. The van der Waals surface area contributed by atoms with Crippen LogP contribution in [0.15, 0.2) is 59.5 Å². The zero-order valence-electron chi connectivity index (χ0n) is 14.0. The highest BCUT2D eigenvalue weighted by atomic mass is 35.5. The highest BCUT2D eigenvalue weighted by molar-refractivity contribution is 7.98. The Hall–Kier alpha value is -2.17. The van der Waals surface area contributed by atoms with Crippen LogP contribution in [-0.2, 0) is 6.54 Å². The predicted molar refractivity (Wildman–Crippen MR) is 105 cm³/mol. The molecule has 0 atom stereocenters. The van der Waals surface area contributed by atoms with Crippen LogP contribution >= 0.6 is 23.4 Å². The minimum atomic E-state index is -0.171. The smallest absolute Gasteiger partial charge is 0.253 e. The number of rotatable bonds is 5. The molecule has 0 bridgehead atoms. The van der Waals surface area contributed by atoms with E-state index in [-0.39, 0.29) is 5.91 Å². The Kier molecular flexibility index (Phi) is 5.51. The van der Waals surface area contributed by atoms with Crippen LogP contribution in [0.1, 0.15) is 15.9 Å². The van der Waals surface area contributed by atoms with Crippen molar-refractivity contribution in [2.75, 3.05) is 13.4 Å². The molecule has 0 aromatic heterocycles. The molecule has 0 heterocycles. The molecule has 0 saturated carbocycles. The van der Waals surface area contributed by atoms with Crippen molar-refractivity contribution in [2.45, 2.75) is 11.4 Å². The summed E-state index contributed by atoms with van der Waals surface area (Å²) in [6, 6.07) is 17.5. The molecular formula is C20H18ClNO2S. The molecule has 128 valence electrons. The van der Waals surface area contributed by atoms with E-state index < -0.39 is 0 Å². The number of benzene rings is 3. The molecule has 3 nitrogen and oxygen atoms in total. The van der Waals surface area contributed by atoms with Crippen molar-refractivity contribution in [3.05, 3.63) is 70.7 Å². The van der Waals surface area contributed by atoms with E-state index in [0.29, 0.717) is 17.1 Å². The van der Waals surface area contributed by atoms with Crippen LogP contribution in [-0.4, -0.2) is 19.3 Å². The highest BCUT2D eigenvalue weighted by Crippen LogP contribution is 2.24. The zero-order chi connectivity index (χ0) is 17.8. The van der Waals surface area contributed by atoms with Gasteiger partial charge in [0.1, 0.15) is 5.75 Å². The van der Waals surface area contributed by atoms with E-state index in [1.807, 2.05) is 48.7 Å². The normalized spacial score (nSPS) is 10.7. The molecule has 1 amide bonds. The third kappa shape index (κ3) is 4.09. The largest absolute Gasteiger partial charge is 0.497 e. The van der Waals surface area contributed by atoms with E-state index in [2.05, 4.69) is 11.4 Å². The van der Waals surface area contributed by atoms with Gasteiger partial charge in [0.15, 0.2) is 0 Å². The van der Waals surface area contributed by atoms with E-state index in [1.54, 1.807) is 24.9 Å². The number of hydrogen-bond acceptors (Lipinski definition) is 3. The molecular weight excluding hydrogens is 354 g/mol. The first-order valence-electron chi connectivity index (χ1n) is 7.79. The lowest BCUT2D eigenvalue weighted by molar-refractivity contribution is 0.0951. The summed E-state index contributed by atoms with van der Waals surface area (Å²) in [6.07, 6.45) is 1.97. The summed E-state index contributed by atoms with van der Waals surface area (Å²) in [4.78, 5) is 13.4.